The van der Waals surface area contributed by atoms with Gasteiger partial charge in [-0.05, 0) is 31.2 Å². The number of carbonyl (C=O) groups excluding carboxylic acids is 1. The fraction of sp³-hybridized carbons (Fsp3) is 0.231. The number of nitrogens with one attached hydrogen (secondary N) is 1. The average Bonchev–Trinajstić information content (AvgIpc) is 2.76. The van der Waals surface area contributed by atoms with Gasteiger partial charge in [0.15, 0.2) is 5.76 Å². The highest BCUT2D eigenvalue weighted by molar-refractivity contribution is 6.02. The highest BCUT2D eigenvalue weighted by Crippen LogP contribution is 2.14. The second-order valence-corrected chi connectivity index (χ2v) is 4.16. The first-order chi connectivity index (χ1) is 8.56. The number of anilines is 2. The van der Waals surface area contributed by atoms with Crippen LogP contribution < -0.4 is 10.2 Å². The Morgan fingerprint density at radius 3 is 2.56 bits per heavy atom. The highest BCUT2D eigenvalue weighted by atomic mass is 16.3. The Morgan fingerprint density at radius 2 is 2.06 bits per heavy atom. The van der Waals surface area contributed by atoms with Crippen molar-refractivity contribution in [3.8, 4) is 0 Å². The van der Waals surface area contributed by atoms with Crippen LogP contribution in [0, 0.1) is 6.92 Å². The lowest BCUT2D eigenvalue weighted by molar-refractivity contribution is 0.0995. The Balaban J connectivity index is 2.07. The molecule has 0 aliphatic rings. The van der Waals surface area contributed by atoms with Gasteiger partial charge in [0.1, 0.15) is 11.6 Å². The summed E-state index contributed by atoms with van der Waals surface area (Å²) in [5.41, 5.74) is 0.639. The lowest BCUT2D eigenvalue weighted by atomic mass is 10.3. The molecule has 0 bridgehead atoms. The minimum atomic E-state index is -0.275. The quantitative estimate of drug-likeness (QED) is 0.901. The van der Waals surface area contributed by atoms with Gasteiger partial charge in [0.05, 0.1) is 11.9 Å². The van der Waals surface area contributed by atoms with Crippen molar-refractivity contribution in [3.05, 3.63) is 42.0 Å². The third kappa shape index (κ3) is 2.68. The summed E-state index contributed by atoms with van der Waals surface area (Å²) in [5.74, 6) is 1.56. The first-order valence-corrected chi connectivity index (χ1v) is 5.57. The number of hydrogen-bond donors (Lipinski definition) is 1. The summed E-state index contributed by atoms with van der Waals surface area (Å²) in [6, 6.07) is 7.04. The van der Waals surface area contributed by atoms with Crippen molar-refractivity contribution in [2.75, 3.05) is 24.3 Å². The van der Waals surface area contributed by atoms with E-state index in [1.807, 2.05) is 25.1 Å². The number of aromatic nitrogens is 1. The molecule has 0 fully saturated rings. The van der Waals surface area contributed by atoms with Gasteiger partial charge in [-0.3, -0.25) is 4.79 Å². The van der Waals surface area contributed by atoms with Crippen molar-refractivity contribution in [2.24, 2.45) is 0 Å². The maximum absolute atomic E-state index is 11.8. The summed E-state index contributed by atoms with van der Waals surface area (Å²) in [7, 11) is 3.82. The molecule has 0 radical (unpaired) electrons. The molecule has 0 unspecified atom stereocenters. The minimum absolute atomic E-state index is 0.275. The number of furan rings is 1. The molecule has 2 rings (SSSR count). The van der Waals surface area contributed by atoms with Crippen molar-refractivity contribution < 1.29 is 9.21 Å². The maximum Gasteiger partial charge on any atom is 0.291 e. The fourth-order valence-corrected chi connectivity index (χ4v) is 1.47. The van der Waals surface area contributed by atoms with Crippen molar-refractivity contribution >= 4 is 17.4 Å². The third-order valence-corrected chi connectivity index (χ3v) is 2.43. The first kappa shape index (κ1) is 12.2. The van der Waals surface area contributed by atoms with E-state index in [-0.39, 0.29) is 5.91 Å². The Morgan fingerprint density at radius 1 is 1.28 bits per heavy atom. The predicted molar refractivity (Wildman–Crippen MR) is 70.0 cm³/mol. The molecule has 0 aliphatic carbocycles. The fourth-order valence-electron chi connectivity index (χ4n) is 1.47. The number of amides is 1. The summed E-state index contributed by atoms with van der Waals surface area (Å²) in [6.07, 6.45) is 1.61. The van der Waals surface area contributed by atoms with Gasteiger partial charge in [-0.1, -0.05) is 0 Å². The molecule has 5 heteroatoms. The molecular formula is C13H15N3O2. The molecule has 94 valence electrons. The summed E-state index contributed by atoms with van der Waals surface area (Å²) in [5, 5.41) is 2.72. The van der Waals surface area contributed by atoms with Crippen molar-refractivity contribution in [3.63, 3.8) is 0 Å². The molecule has 2 aromatic heterocycles. The van der Waals surface area contributed by atoms with E-state index in [0.717, 1.165) is 5.82 Å². The van der Waals surface area contributed by atoms with Crippen LogP contribution in [0.1, 0.15) is 16.3 Å². The Bertz CT molecular complexity index is 544. The topological polar surface area (TPSA) is 58.4 Å². The van der Waals surface area contributed by atoms with Crippen LogP contribution in [0.15, 0.2) is 34.9 Å². The van der Waals surface area contributed by atoms with E-state index in [2.05, 4.69) is 10.3 Å². The zero-order valence-corrected chi connectivity index (χ0v) is 10.6. The van der Waals surface area contributed by atoms with Gasteiger partial charge in [0.25, 0.3) is 5.91 Å². The molecule has 2 heterocycles. The van der Waals surface area contributed by atoms with E-state index >= 15 is 0 Å². The van der Waals surface area contributed by atoms with Crippen LogP contribution in [-0.2, 0) is 0 Å². The average molecular weight is 245 g/mol. The lowest BCUT2D eigenvalue weighted by Crippen LogP contribution is -2.13. The Labute approximate surface area is 105 Å². The van der Waals surface area contributed by atoms with Crippen LogP contribution in [0.5, 0.6) is 0 Å². The molecule has 0 aromatic carbocycles. The normalized spacial score (nSPS) is 10.2. The summed E-state index contributed by atoms with van der Waals surface area (Å²) < 4.78 is 5.24. The van der Waals surface area contributed by atoms with E-state index in [1.165, 1.54) is 0 Å². The van der Waals surface area contributed by atoms with Crippen molar-refractivity contribution in [1.29, 1.82) is 0 Å². The van der Waals surface area contributed by atoms with Crippen LogP contribution in [0.2, 0.25) is 0 Å². The second kappa shape index (κ2) is 4.91. The van der Waals surface area contributed by atoms with Crippen molar-refractivity contribution in [1.82, 2.24) is 4.98 Å². The van der Waals surface area contributed by atoms with Gasteiger partial charge in [-0.15, -0.1) is 0 Å². The van der Waals surface area contributed by atoms with Gasteiger partial charge in [0.2, 0.25) is 0 Å². The van der Waals surface area contributed by atoms with Gasteiger partial charge in [-0.2, -0.15) is 0 Å². The molecule has 0 saturated carbocycles. The molecule has 0 spiro atoms. The number of pyridine rings is 1. The zero-order chi connectivity index (χ0) is 13.1. The summed E-state index contributed by atoms with van der Waals surface area (Å²) >= 11 is 0. The summed E-state index contributed by atoms with van der Waals surface area (Å²) in [4.78, 5) is 17.9. The SMILES string of the molecule is Cc1ccc(C(=O)Nc2ccc(N(C)C)nc2)o1. The van der Waals surface area contributed by atoms with Crippen LogP contribution in [0.3, 0.4) is 0 Å². The summed E-state index contributed by atoms with van der Waals surface area (Å²) in [6.45, 7) is 1.80. The first-order valence-electron chi connectivity index (χ1n) is 5.57. The number of nitrogens with zero attached hydrogens (tertiary/aromatic N) is 2. The van der Waals surface area contributed by atoms with Gasteiger partial charge in [0, 0.05) is 14.1 Å². The zero-order valence-electron chi connectivity index (χ0n) is 10.6. The molecule has 0 atom stereocenters. The Hall–Kier alpha value is -2.30. The minimum Gasteiger partial charge on any atom is -0.456 e. The Kier molecular flexibility index (Phi) is 3.32. The molecular weight excluding hydrogens is 230 g/mol. The standard InChI is InChI=1S/C13H15N3O2/c1-9-4-6-11(18-9)13(17)15-10-5-7-12(14-8-10)16(2)3/h4-8H,1-3H3,(H,15,17). The largest absolute Gasteiger partial charge is 0.456 e. The lowest BCUT2D eigenvalue weighted by Gasteiger charge is -2.11. The number of hydrogen-bond acceptors (Lipinski definition) is 4. The van der Waals surface area contributed by atoms with Gasteiger partial charge < -0.3 is 14.6 Å². The van der Waals surface area contributed by atoms with E-state index in [1.54, 1.807) is 31.3 Å². The van der Waals surface area contributed by atoms with E-state index in [0.29, 0.717) is 17.2 Å². The van der Waals surface area contributed by atoms with Crippen LogP contribution in [-0.4, -0.2) is 25.0 Å². The molecule has 2 aromatic rings. The van der Waals surface area contributed by atoms with E-state index in [9.17, 15) is 4.79 Å². The molecule has 0 aliphatic heterocycles. The maximum atomic E-state index is 11.8. The molecule has 1 amide bonds. The van der Waals surface area contributed by atoms with E-state index in [4.69, 9.17) is 4.42 Å². The molecule has 0 saturated heterocycles. The monoisotopic (exact) mass is 245 g/mol. The second-order valence-electron chi connectivity index (χ2n) is 4.16. The van der Waals surface area contributed by atoms with Crippen LogP contribution >= 0.6 is 0 Å². The van der Waals surface area contributed by atoms with E-state index < -0.39 is 0 Å². The highest BCUT2D eigenvalue weighted by Gasteiger charge is 2.10. The van der Waals surface area contributed by atoms with Crippen LogP contribution in [0.4, 0.5) is 11.5 Å². The smallest absolute Gasteiger partial charge is 0.291 e. The predicted octanol–water partition coefficient (Wildman–Crippen LogP) is 2.30. The number of rotatable bonds is 3. The molecule has 18 heavy (non-hydrogen) atoms. The van der Waals surface area contributed by atoms with Crippen LogP contribution in [0.25, 0.3) is 0 Å². The van der Waals surface area contributed by atoms with Gasteiger partial charge >= 0.3 is 0 Å². The molecule has 5 nitrogen and oxygen atoms in total. The van der Waals surface area contributed by atoms with Gasteiger partial charge in [-0.25, -0.2) is 4.98 Å². The third-order valence-electron chi connectivity index (χ3n) is 2.43. The van der Waals surface area contributed by atoms with Crippen molar-refractivity contribution in [2.45, 2.75) is 6.92 Å². The molecule has 1 N–H and O–H groups in total. The number of carbonyl (C=O) groups is 1. The number of aryl methyl sites for hydroxylation is 1.